The zero-order valence-corrected chi connectivity index (χ0v) is 12.0. The van der Waals surface area contributed by atoms with Crippen LogP contribution >= 0.6 is 0 Å². The fourth-order valence-corrected chi connectivity index (χ4v) is 2.83. The van der Waals surface area contributed by atoms with Crippen LogP contribution in [-0.2, 0) is 17.2 Å². The van der Waals surface area contributed by atoms with Gasteiger partial charge in [0.05, 0.1) is 29.7 Å². The van der Waals surface area contributed by atoms with Crippen LogP contribution in [0.3, 0.4) is 0 Å². The van der Waals surface area contributed by atoms with Crippen molar-refractivity contribution < 1.29 is 4.74 Å². The zero-order valence-electron chi connectivity index (χ0n) is 12.0. The van der Waals surface area contributed by atoms with Gasteiger partial charge in [-0.2, -0.15) is 0 Å². The fraction of sp³-hybridized carbons (Fsp3) is 0.533. The summed E-state index contributed by atoms with van der Waals surface area (Å²) in [4.78, 5) is 4.61. The van der Waals surface area contributed by atoms with Gasteiger partial charge in [0.15, 0.2) is 0 Å². The Balaban J connectivity index is 2.16. The third-order valence-electron chi connectivity index (χ3n) is 4.59. The van der Waals surface area contributed by atoms with Crippen molar-refractivity contribution in [3.8, 4) is 0 Å². The van der Waals surface area contributed by atoms with Crippen molar-refractivity contribution in [1.82, 2.24) is 9.55 Å². The van der Waals surface area contributed by atoms with E-state index in [1.807, 2.05) is 14.0 Å². The molecule has 4 nitrogen and oxygen atoms in total. The van der Waals surface area contributed by atoms with Crippen LogP contribution in [0.25, 0.3) is 11.0 Å². The van der Waals surface area contributed by atoms with Gasteiger partial charge in [0.2, 0.25) is 0 Å². The second-order valence-electron chi connectivity index (χ2n) is 6.22. The molecule has 102 valence electrons. The van der Waals surface area contributed by atoms with Crippen LogP contribution in [0.1, 0.15) is 25.2 Å². The predicted molar refractivity (Wildman–Crippen MR) is 76.2 cm³/mol. The van der Waals surface area contributed by atoms with Gasteiger partial charge in [-0.1, -0.05) is 6.07 Å². The molecule has 0 amide bonds. The van der Waals surface area contributed by atoms with Crippen molar-refractivity contribution in [2.75, 3.05) is 13.2 Å². The molecule has 1 saturated heterocycles. The van der Waals surface area contributed by atoms with E-state index < -0.39 is 0 Å². The number of fused-ring (bicyclic) bond motifs is 1. The minimum Gasteiger partial charge on any atom is -0.379 e. The smallest absolute Gasteiger partial charge is 0.106 e. The molecule has 2 heterocycles. The number of hydrogen-bond acceptors (Lipinski definition) is 3. The largest absolute Gasteiger partial charge is 0.379 e. The molecule has 0 radical (unpaired) electrons. The average molecular weight is 259 g/mol. The van der Waals surface area contributed by atoms with Gasteiger partial charge in [0.1, 0.15) is 5.82 Å². The van der Waals surface area contributed by atoms with Gasteiger partial charge in [0, 0.05) is 12.6 Å². The number of aromatic nitrogens is 2. The van der Waals surface area contributed by atoms with Gasteiger partial charge >= 0.3 is 0 Å². The molecule has 1 aliphatic rings. The molecular formula is C15H21N3O. The van der Waals surface area contributed by atoms with E-state index in [0.29, 0.717) is 13.2 Å². The number of nitrogens with two attached hydrogens (primary N) is 1. The standard InChI is InChI=1S/C15H21N3O/c1-10-17-12-7-11(5-6-13(12)18(10)4)15(8-19-9-15)14(2,3)16/h5-7H,8-9,16H2,1-4H3. The molecule has 1 aromatic carbocycles. The average Bonchev–Trinajstić information content (AvgIpc) is 2.51. The van der Waals surface area contributed by atoms with Crippen LogP contribution in [0.5, 0.6) is 0 Å². The third kappa shape index (κ3) is 1.63. The number of aryl methyl sites for hydroxylation is 2. The Kier molecular flexibility index (Phi) is 2.53. The Labute approximate surface area is 113 Å². The summed E-state index contributed by atoms with van der Waals surface area (Å²) in [7, 11) is 2.04. The first-order chi connectivity index (χ1) is 8.85. The Morgan fingerprint density at radius 2 is 2.05 bits per heavy atom. The van der Waals surface area contributed by atoms with Crippen molar-refractivity contribution in [3.05, 3.63) is 29.6 Å². The molecule has 0 spiro atoms. The van der Waals surface area contributed by atoms with Crippen molar-refractivity contribution >= 4 is 11.0 Å². The lowest BCUT2D eigenvalue weighted by atomic mass is 9.66. The number of nitrogens with zero attached hydrogens (tertiary/aromatic N) is 2. The number of benzene rings is 1. The highest BCUT2D eigenvalue weighted by Gasteiger charge is 2.50. The molecule has 0 saturated carbocycles. The van der Waals surface area contributed by atoms with Crippen LogP contribution in [0.15, 0.2) is 18.2 Å². The molecule has 0 bridgehead atoms. The quantitative estimate of drug-likeness (QED) is 0.896. The Bertz CT molecular complexity index is 633. The van der Waals surface area contributed by atoms with Crippen molar-refractivity contribution in [2.24, 2.45) is 12.8 Å². The Morgan fingerprint density at radius 3 is 2.58 bits per heavy atom. The first kappa shape index (κ1) is 12.6. The molecule has 1 fully saturated rings. The van der Waals surface area contributed by atoms with Gasteiger partial charge in [-0.15, -0.1) is 0 Å². The first-order valence-corrected chi connectivity index (χ1v) is 6.65. The summed E-state index contributed by atoms with van der Waals surface area (Å²) in [6.07, 6.45) is 0. The van der Waals surface area contributed by atoms with Crippen molar-refractivity contribution in [1.29, 1.82) is 0 Å². The molecule has 0 aliphatic carbocycles. The summed E-state index contributed by atoms with van der Waals surface area (Å²) in [6, 6.07) is 6.47. The van der Waals surface area contributed by atoms with Crippen LogP contribution in [-0.4, -0.2) is 28.3 Å². The van der Waals surface area contributed by atoms with Gasteiger partial charge in [0.25, 0.3) is 0 Å². The summed E-state index contributed by atoms with van der Waals surface area (Å²) in [6.45, 7) is 7.54. The highest BCUT2D eigenvalue weighted by atomic mass is 16.5. The summed E-state index contributed by atoms with van der Waals surface area (Å²) >= 11 is 0. The molecule has 1 aliphatic heterocycles. The molecule has 1 aromatic heterocycles. The SMILES string of the molecule is Cc1nc2cc(C3(C(C)(C)N)COC3)ccc2n1C. The molecule has 4 heteroatoms. The molecule has 2 N–H and O–H groups in total. The third-order valence-corrected chi connectivity index (χ3v) is 4.59. The van der Waals surface area contributed by atoms with E-state index >= 15 is 0 Å². The van der Waals surface area contributed by atoms with Gasteiger partial charge in [-0.25, -0.2) is 4.98 Å². The zero-order chi connectivity index (χ0) is 13.8. The minimum atomic E-state index is -0.303. The Morgan fingerprint density at radius 1 is 1.37 bits per heavy atom. The maximum absolute atomic E-state index is 6.38. The lowest BCUT2D eigenvalue weighted by Gasteiger charge is -2.51. The van der Waals surface area contributed by atoms with E-state index in [-0.39, 0.29) is 11.0 Å². The van der Waals surface area contributed by atoms with Gasteiger partial charge in [-0.3, -0.25) is 0 Å². The lowest BCUT2D eigenvalue weighted by molar-refractivity contribution is -0.0918. The molecule has 3 rings (SSSR count). The highest BCUT2D eigenvalue weighted by molar-refractivity contribution is 5.77. The van der Waals surface area contributed by atoms with Crippen molar-refractivity contribution in [3.63, 3.8) is 0 Å². The summed E-state index contributed by atoms with van der Waals surface area (Å²) < 4.78 is 7.56. The van der Waals surface area contributed by atoms with Crippen molar-refractivity contribution in [2.45, 2.75) is 31.7 Å². The van der Waals surface area contributed by atoms with E-state index in [1.54, 1.807) is 0 Å². The van der Waals surface area contributed by atoms with Crippen LogP contribution in [0, 0.1) is 6.92 Å². The second-order valence-corrected chi connectivity index (χ2v) is 6.22. The Hall–Kier alpha value is -1.39. The van der Waals surface area contributed by atoms with E-state index in [0.717, 1.165) is 16.9 Å². The summed E-state index contributed by atoms with van der Waals surface area (Å²) in [5.41, 5.74) is 9.42. The van der Waals surface area contributed by atoms with Crippen LogP contribution < -0.4 is 5.73 Å². The van der Waals surface area contributed by atoms with Crippen LogP contribution in [0.4, 0.5) is 0 Å². The van der Waals surface area contributed by atoms with Gasteiger partial charge in [-0.05, 0) is 38.5 Å². The summed E-state index contributed by atoms with van der Waals surface area (Å²) in [5.74, 6) is 1.03. The minimum absolute atomic E-state index is 0.0907. The molecule has 0 unspecified atom stereocenters. The van der Waals surface area contributed by atoms with E-state index in [4.69, 9.17) is 10.5 Å². The fourth-order valence-electron chi connectivity index (χ4n) is 2.83. The maximum Gasteiger partial charge on any atom is 0.106 e. The lowest BCUT2D eigenvalue weighted by Crippen LogP contribution is -2.64. The van der Waals surface area contributed by atoms with Crippen LogP contribution in [0.2, 0.25) is 0 Å². The molecule has 2 aromatic rings. The van der Waals surface area contributed by atoms with E-state index in [2.05, 4.69) is 41.6 Å². The number of imidazole rings is 1. The normalized spacial score (nSPS) is 18.6. The topological polar surface area (TPSA) is 53.1 Å². The highest BCUT2D eigenvalue weighted by Crippen LogP contribution is 2.41. The molecule has 19 heavy (non-hydrogen) atoms. The van der Waals surface area contributed by atoms with E-state index in [9.17, 15) is 0 Å². The predicted octanol–water partition coefficient (Wildman–Crippen LogP) is 1.89. The summed E-state index contributed by atoms with van der Waals surface area (Å²) in [5, 5.41) is 0. The second kappa shape index (κ2) is 3.81. The molecule has 0 atom stereocenters. The van der Waals surface area contributed by atoms with E-state index in [1.165, 1.54) is 5.56 Å². The van der Waals surface area contributed by atoms with Gasteiger partial charge < -0.3 is 15.0 Å². The molecular weight excluding hydrogens is 238 g/mol. The first-order valence-electron chi connectivity index (χ1n) is 6.65. The maximum atomic E-state index is 6.38. The number of rotatable bonds is 2. The monoisotopic (exact) mass is 259 g/mol. The number of ether oxygens (including phenoxy) is 1. The number of hydrogen-bond donors (Lipinski definition) is 1.